The number of hydrogen-bond donors (Lipinski definition) is 2. The van der Waals surface area contributed by atoms with E-state index in [2.05, 4.69) is 36.5 Å². The van der Waals surface area contributed by atoms with E-state index in [9.17, 15) is 4.79 Å². The van der Waals surface area contributed by atoms with Gasteiger partial charge >= 0.3 is 0 Å². The van der Waals surface area contributed by atoms with Crippen LogP contribution in [0.4, 0.5) is 5.69 Å². The molecule has 1 heterocycles. The normalized spacial score (nSPS) is 13.0. The van der Waals surface area contributed by atoms with E-state index in [1.54, 1.807) is 50.9 Å². The lowest BCUT2D eigenvalue weighted by atomic mass is 10.1. The van der Waals surface area contributed by atoms with E-state index in [-0.39, 0.29) is 5.91 Å². The van der Waals surface area contributed by atoms with Crippen LogP contribution in [0, 0.1) is 0 Å². The highest BCUT2D eigenvalue weighted by molar-refractivity contribution is 5.94. The summed E-state index contributed by atoms with van der Waals surface area (Å²) in [5, 5.41) is 2.89. The number of methoxy groups -OCH3 is 2. The molecule has 0 aliphatic heterocycles. The molecular formula is C27H39N3O4. The molecule has 186 valence electrons. The van der Waals surface area contributed by atoms with Crippen molar-refractivity contribution in [1.82, 2.24) is 10.3 Å². The summed E-state index contributed by atoms with van der Waals surface area (Å²) in [5.74, 6) is 1.74. The van der Waals surface area contributed by atoms with E-state index < -0.39 is 0 Å². The van der Waals surface area contributed by atoms with Crippen molar-refractivity contribution in [2.24, 2.45) is 0 Å². The molecule has 7 nitrogen and oxygen atoms in total. The van der Waals surface area contributed by atoms with Gasteiger partial charge in [-0.05, 0) is 24.1 Å². The number of anilines is 1. The number of pyridine rings is 1. The van der Waals surface area contributed by atoms with Crippen LogP contribution in [0.15, 0.2) is 90.7 Å². The molecule has 0 atom stereocenters. The fourth-order valence-corrected chi connectivity index (χ4v) is 2.70. The number of ether oxygens (including phenoxy) is 3. The summed E-state index contributed by atoms with van der Waals surface area (Å²) < 4.78 is 16.3. The summed E-state index contributed by atoms with van der Waals surface area (Å²) in [6.07, 6.45) is 15.6. The smallest absolute Gasteiger partial charge is 0.247 e. The number of nitrogen functional groups attached to an aromatic ring is 1. The first-order valence-corrected chi connectivity index (χ1v) is 11.2. The van der Waals surface area contributed by atoms with Gasteiger partial charge in [0.05, 0.1) is 26.1 Å². The Morgan fingerprint density at radius 2 is 1.97 bits per heavy atom. The van der Waals surface area contributed by atoms with E-state index in [1.165, 1.54) is 0 Å². The zero-order chi connectivity index (χ0) is 25.8. The fourth-order valence-electron chi connectivity index (χ4n) is 2.70. The first-order chi connectivity index (χ1) is 16.6. The summed E-state index contributed by atoms with van der Waals surface area (Å²) >= 11 is 0. The monoisotopic (exact) mass is 469 g/mol. The molecule has 0 aromatic carbocycles. The fraction of sp³-hybridized carbons (Fsp3) is 0.333. The number of aromatic nitrogens is 1. The first-order valence-electron chi connectivity index (χ1n) is 11.2. The summed E-state index contributed by atoms with van der Waals surface area (Å²) in [6, 6.07) is 1.73. The van der Waals surface area contributed by atoms with E-state index >= 15 is 0 Å². The minimum atomic E-state index is -0.155. The van der Waals surface area contributed by atoms with E-state index in [1.807, 2.05) is 26.0 Å². The topological polar surface area (TPSA) is 95.7 Å². The Morgan fingerprint density at radius 3 is 2.59 bits per heavy atom. The summed E-state index contributed by atoms with van der Waals surface area (Å²) in [5.41, 5.74) is 7.94. The van der Waals surface area contributed by atoms with E-state index in [0.29, 0.717) is 48.1 Å². The van der Waals surface area contributed by atoms with Gasteiger partial charge in [-0.15, -0.1) is 13.2 Å². The van der Waals surface area contributed by atoms with Crippen molar-refractivity contribution in [3.8, 4) is 5.75 Å². The Labute approximate surface area is 204 Å². The highest BCUT2D eigenvalue weighted by atomic mass is 16.5. The van der Waals surface area contributed by atoms with Crippen LogP contribution in [0.2, 0.25) is 0 Å². The second kappa shape index (κ2) is 18.8. The quantitative estimate of drug-likeness (QED) is 0.358. The number of hydrogen-bond acceptors (Lipinski definition) is 6. The van der Waals surface area contributed by atoms with Crippen LogP contribution < -0.4 is 15.8 Å². The molecule has 1 aromatic rings. The molecule has 1 aliphatic rings. The second-order valence-electron chi connectivity index (χ2n) is 6.46. The van der Waals surface area contributed by atoms with Crippen molar-refractivity contribution in [2.75, 3.05) is 33.1 Å². The van der Waals surface area contributed by atoms with Crippen molar-refractivity contribution >= 4 is 11.6 Å². The Hall–Kier alpha value is -3.74. The van der Waals surface area contributed by atoms with Crippen LogP contribution >= 0.6 is 0 Å². The number of amides is 1. The van der Waals surface area contributed by atoms with Gasteiger partial charge in [0.2, 0.25) is 5.91 Å². The number of nitrogens with zero attached hydrogens (tertiary/aromatic N) is 1. The van der Waals surface area contributed by atoms with Gasteiger partial charge in [0.1, 0.15) is 23.9 Å². The molecule has 1 aromatic heterocycles. The molecule has 0 saturated carbocycles. The molecule has 0 bridgehead atoms. The summed E-state index contributed by atoms with van der Waals surface area (Å²) in [4.78, 5) is 16.4. The van der Waals surface area contributed by atoms with Crippen LogP contribution in [-0.4, -0.2) is 38.3 Å². The maximum absolute atomic E-state index is 12.5. The predicted molar refractivity (Wildman–Crippen MR) is 140 cm³/mol. The van der Waals surface area contributed by atoms with Crippen molar-refractivity contribution in [3.05, 3.63) is 90.7 Å². The molecule has 7 heteroatoms. The Bertz CT molecular complexity index is 899. The van der Waals surface area contributed by atoms with E-state index in [4.69, 9.17) is 19.9 Å². The number of rotatable bonds is 10. The molecule has 2 rings (SSSR count). The minimum absolute atomic E-state index is 0.155. The van der Waals surface area contributed by atoms with Gasteiger partial charge in [-0.3, -0.25) is 9.78 Å². The maximum atomic E-state index is 12.5. The van der Waals surface area contributed by atoms with Gasteiger partial charge in [-0.25, -0.2) is 0 Å². The third-order valence-corrected chi connectivity index (χ3v) is 4.29. The molecule has 34 heavy (non-hydrogen) atoms. The first kappa shape index (κ1) is 30.3. The molecule has 0 radical (unpaired) electrons. The lowest BCUT2D eigenvalue weighted by Crippen LogP contribution is -2.25. The standard InChI is InChI=1S/C23H29N3O4.C2H6.C2H4/c1-4-6-17(16-30-22-10-12-25-15-21(22)24)7-5-11-26-23(27)18-8-9-19(28-2)14-20(13-18)29-3;2*1-2/h5-10,12,14-15H,4,11,13,16,24H2,1-3H3,(H,26,27);1-2H3;1-2H2/b7-5-,17-6+;;. The molecule has 1 amide bonds. The number of nitrogens with two attached hydrogens (primary N) is 1. The van der Waals surface area contributed by atoms with Crippen LogP contribution in [0.25, 0.3) is 0 Å². The zero-order valence-corrected chi connectivity index (χ0v) is 21.1. The lowest BCUT2D eigenvalue weighted by molar-refractivity contribution is -0.117. The third kappa shape index (κ3) is 11.2. The van der Waals surface area contributed by atoms with E-state index in [0.717, 1.165) is 12.0 Å². The third-order valence-electron chi connectivity index (χ3n) is 4.29. The Balaban J connectivity index is 0.00000258. The van der Waals surface area contributed by atoms with Gasteiger partial charge in [-0.1, -0.05) is 39.0 Å². The summed E-state index contributed by atoms with van der Waals surface area (Å²) in [6.45, 7) is 12.8. The average Bonchev–Trinajstić information content (AvgIpc) is 3.10. The Kier molecular flexibility index (Phi) is 16.7. The molecule has 3 N–H and O–H groups in total. The second-order valence-corrected chi connectivity index (χ2v) is 6.46. The zero-order valence-electron chi connectivity index (χ0n) is 21.1. The van der Waals surface area contributed by atoms with Crippen LogP contribution in [0.1, 0.15) is 33.6 Å². The highest BCUT2D eigenvalue weighted by Crippen LogP contribution is 2.20. The molecule has 0 unspecified atom stereocenters. The highest BCUT2D eigenvalue weighted by Gasteiger charge is 2.14. The molecule has 1 aliphatic carbocycles. The van der Waals surface area contributed by atoms with Gasteiger partial charge in [0.25, 0.3) is 0 Å². The molecular weight excluding hydrogens is 430 g/mol. The van der Waals surface area contributed by atoms with Crippen molar-refractivity contribution in [1.29, 1.82) is 0 Å². The van der Waals surface area contributed by atoms with Crippen molar-refractivity contribution in [2.45, 2.75) is 33.6 Å². The SMILES string of the molecule is C=C.CC.CC/C=C(\C=C/CNC(=O)C1=CC=C(OC)C=C(OC)C1)COc1ccncc1N. The van der Waals surface area contributed by atoms with Gasteiger partial charge < -0.3 is 25.3 Å². The predicted octanol–water partition coefficient (Wildman–Crippen LogP) is 5.27. The Morgan fingerprint density at radius 1 is 1.24 bits per heavy atom. The number of carbonyl (C=O) groups excluding carboxylic acids is 1. The van der Waals surface area contributed by atoms with Gasteiger partial charge in [0.15, 0.2) is 0 Å². The number of carbonyl (C=O) groups is 1. The molecule has 0 saturated heterocycles. The molecule has 0 spiro atoms. The van der Waals surface area contributed by atoms with Crippen molar-refractivity contribution in [3.63, 3.8) is 0 Å². The average molecular weight is 470 g/mol. The largest absolute Gasteiger partial charge is 0.501 e. The lowest BCUT2D eigenvalue weighted by Gasteiger charge is -2.10. The van der Waals surface area contributed by atoms with Crippen LogP contribution in [0.5, 0.6) is 5.75 Å². The van der Waals surface area contributed by atoms with Gasteiger partial charge in [-0.2, -0.15) is 0 Å². The molecule has 0 fully saturated rings. The van der Waals surface area contributed by atoms with Crippen molar-refractivity contribution < 1.29 is 19.0 Å². The summed E-state index contributed by atoms with van der Waals surface area (Å²) in [7, 11) is 3.15. The van der Waals surface area contributed by atoms with Crippen LogP contribution in [0.3, 0.4) is 0 Å². The maximum Gasteiger partial charge on any atom is 0.247 e. The minimum Gasteiger partial charge on any atom is -0.501 e. The van der Waals surface area contributed by atoms with Crippen LogP contribution in [-0.2, 0) is 14.3 Å². The number of nitrogens with one attached hydrogen (secondary N) is 1. The van der Waals surface area contributed by atoms with Gasteiger partial charge in [0, 0.05) is 36.9 Å². The number of allylic oxidation sites excluding steroid dienone is 5.